The Morgan fingerprint density at radius 2 is 1.60 bits per heavy atom. The topological polar surface area (TPSA) is 104 Å². The number of anilines is 2. The van der Waals surface area contributed by atoms with Crippen molar-refractivity contribution >= 4 is 50.9 Å². The number of fused-ring (bicyclic) bond motifs is 5. The molecule has 8 rings (SSSR count). The molecule has 2 saturated heterocycles. The third-order valence-electron chi connectivity index (χ3n) is 10.5. The summed E-state index contributed by atoms with van der Waals surface area (Å²) < 4.78 is 6.90. The van der Waals surface area contributed by atoms with Gasteiger partial charge in [-0.15, -0.1) is 0 Å². The van der Waals surface area contributed by atoms with E-state index in [0.717, 1.165) is 21.2 Å². The molecule has 3 aromatic rings. The average Bonchev–Trinajstić information content (AvgIpc) is 3.41. The summed E-state index contributed by atoms with van der Waals surface area (Å²) in [5.74, 6) is -3.25. The summed E-state index contributed by atoms with van der Waals surface area (Å²) in [7, 11) is 0. The molecule has 6 unspecified atom stereocenters. The first-order chi connectivity index (χ1) is 21.7. The molecular weight excluding hydrogens is 636 g/mol. The van der Waals surface area contributed by atoms with Gasteiger partial charge in [0.05, 0.1) is 40.8 Å². The van der Waals surface area contributed by atoms with E-state index in [1.165, 1.54) is 9.80 Å². The van der Waals surface area contributed by atoms with Gasteiger partial charge in [-0.3, -0.25) is 24.1 Å². The monoisotopic (exact) mass is 664 g/mol. The van der Waals surface area contributed by atoms with Gasteiger partial charge in [0.1, 0.15) is 11.5 Å². The van der Waals surface area contributed by atoms with Crippen LogP contribution in [0.1, 0.15) is 25.3 Å². The molecule has 0 bridgehead atoms. The van der Waals surface area contributed by atoms with Crippen LogP contribution in [-0.2, 0) is 25.6 Å². The minimum Gasteiger partial charge on any atom is -0.508 e. The molecular formula is C36H29BrN2O6. The number of benzene rings is 3. The maximum absolute atomic E-state index is 14.5. The van der Waals surface area contributed by atoms with Crippen molar-refractivity contribution in [2.75, 3.05) is 9.80 Å². The minimum absolute atomic E-state index is 0.106. The molecule has 9 heteroatoms. The number of phenols is 1. The normalized spacial score (nSPS) is 30.2. The zero-order valence-electron chi connectivity index (χ0n) is 24.4. The van der Waals surface area contributed by atoms with Crippen LogP contribution in [0.2, 0.25) is 0 Å². The Bertz CT molecular complexity index is 1870. The lowest BCUT2D eigenvalue weighted by molar-refractivity contribution is -0.132. The number of halogens is 1. The van der Waals surface area contributed by atoms with Crippen LogP contribution in [0.4, 0.5) is 11.4 Å². The van der Waals surface area contributed by atoms with E-state index < -0.39 is 35.0 Å². The molecule has 0 aromatic heterocycles. The minimum atomic E-state index is -1.15. The Kier molecular flexibility index (Phi) is 6.23. The molecule has 8 nitrogen and oxygen atoms in total. The summed E-state index contributed by atoms with van der Waals surface area (Å²) >= 11 is 3.42. The highest BCUT2D eigenvalue weighted by molar-refractivity contribution is 9.10. The van der Waals surface area contributed by atoms with Crippen LogP contribution in [0.25, 0.3) is 0 Å². The number of hydrogen-bond donors (Lipinski definition) is 1. The molecule has 3 aromatic carbocycles. The zero-order chi connectivity index (χ0) is 31.2. The van der Waals surface area contributed by atoms with E-state index >= 15 is 0 Å². The smallest absolute Gasteiger partial charge is 0.241 e. The number of nitrogens with zero attached hydrogens (tertiary/aromatic N) is 2. The Balaban J connectivity index is 1.25. The number of aromatic hydroxyl groups is 1. The number of phenolic OH excluding ortho intramolecular Hbond substituents is 1. The van der Waals surface area contributed by atoms with Gasteiger partial charge >= 0.3 is 0 Å². The van der Waals surface area contributed by atoms with Gasteiger partial charge in [-0.2, -0.15) is 0 Å². The molecule has 226 valence electrons. The SMILES string of the molecule is CC12C(=O)N(c3ccccc3)C(=O)C1CC1C(=CCC3C(=O)N(c4ccc(Br)cc4)C(=O)C31)C2C1=COc2ccc(O)cc2C1. The largest absolute Gasteiger partial charge is 0.508 e. The maximum Gasteiger partial charge on any atom is 0.241 e. The fourth-order valence-corrected chi connectivity index (χ4v) is 8.78. The molecule has 3 fully saturated rings. The predicted octanol–water partition coefficient (Wildman–Crippen LogP) is 5.94. The molecule has 6 atom stereocenters. The van der Waals surface area contributed by atoms with Crippen LogP contribution in [-0.4, -0.2) is 28.7 Å². The molecule has 5 aliphatic rings. The van der Waals surface area contributed by atoms with Gasteiger partial charge in [0.2, 0.25) is 23.6 Å². The van der Waals surface area contributed by atoms with Crippen molar-refractivity contribution in [2.24, 2.45) is 35.0 Å². The molecule has 4 amide bonds. The van der Waals surface area contributed by atoms with Gasteiger partial charge in [0.25, 0.3) is 0 Å². The lowest BCUT2D eigenvalue weighted by atomic mass is 9.51. The lowest BCUT2D eigenvalue weighted by Gasteiger charge is -2.49. The zero-order valence-corrected chi connectivity index (χ0v) is 25.9. The maximum atomic E-state index is 14.5. The molecule has 45 heavy (non-hydrogen) atoms. The highest BCUT2D eigenvalue weighted by atomic mass is 79.9. The summed E-state index contributed by atoms with van der Waals surface area (Å²) in [5, 5.41) is 10.2. The van der Waals surface area contributed by atoms with Gasteiger partial charge in [0.15, 0.2) is 0 Å². The standard InChI is InChI=1S/C36H29BrN2O6/c1-36-28(33(42)39(35(36)44)22-5-3-2-4-6-22)17-27-25(31(36)20-15-19-16-24(40)11-14-29(19)45-18-20)12-13-26-30(27)34(43)38(32(26)41)23-9-7-21(37)8-10-23/h2-12,14,16,18,26-28,30-31,40H,13,15,17H2,1H3. The van der Waals surface area contributed by atoms with E-state index in [9.17, 15) is 24.3 Å². The van der Waals surface area contributed by atoms with Crippen molar-refractivity contribution < 1.29 is 29.0 Å². The number of rotatable bonds is 3. The van der Waals surface area contributed by atoms with Crippen molar-refractivity contribution in [2.45, 2.75) is 26.2 Å². The van der Waals surface area contributed by atoms with Crippen LogP contribution >= 0.6 is 15.9 Å². The molecule has 1 saturated carbocycles. The molecule has 0 radical (unpaired) electrons. The first kappa shape index (κ1) is 28.0. The highest BCUT2D eigenvalue weighted by Gasteiger charge is 2.68. The summed E-state index contributed by atoms with van der Waals surface area (Å²) in [4.78, 5) is 59.4. The van der Waals surface area contributed by atoms with Gasteiger partial charge < -0.3 is 9.84 Å². The Labute approximate surface area is 268 Å². The number of allylic oxidation sites excluding steroid dienone is 3. The lowest BCUT2D eigenvalue weighted by Crippen LogP contribution is -2.51. The Morgan fingerprint density at radius 1 is 0.867 bits per heavy atom. The van der Waals surface area contributed by atoms with E-state index in [1.807, 2.05) is 19.1 Å². The number of carbonyl (C=O) groups is 4. The van der Waals surface area contributed by atoms with Gasteiger partial charge in [-0.25, -0.2) is 4.90 Å². The van der Waals surface area contributed by atoms with Gasteiger partial charge in [-0.05, 0) is 85.9 Å². The van der Waals surface area contributed by atoms with E-state index in [4.69, 9.17) is 4.74 Å². The van der Waals surface area contributed by atoms with Crippen LogP contribution in [0.5, 0.6) is 11.5 Å². The van der Waals surface area contributed by atoms with E-state index in [1.54, 1.807) is 73.0 Å². The molecule has 1 N–H and O–H groups in total. The van der Waals surface area contributed by atoms with E-state index in [0.29, 0.717) is 30.0 Å². The number of imide groups is 2. The average molecular weight is 666 g/mol. The van der Waals surface area contributed by atoms with Crippen molar-refractivity contribution in [3.8, 4) is 11.5 Å². The van der Waals surface area contributed by atoms with Crippen molar-refractivity contribution in [3.63, 3.8) is 0 Å². The Morgan fingerprint density at radius 3 is 2.36 bits per heavy atom. The summed E-state index contributed by atoms with van der Waals surface area (Å²) in [5.41, 5.74) is 2.35. The first-order valence-corrected chi connectivity index (χ1v) is 15.9. The number of carbonyl (C=O) groups excluding carboxylic acids is 4. The second kappa shape index (κ2) is 10.0. The third-order valence-corrected chi connectivity index (χ3v) is 11.0. The van der Waals surface area contributed by atoms with E-state index in [2.05, 4.69) is 15.9 Å². The third kappa shape index (κ3) is 3.96. The van der Waals surface area contributed by atoms with Gasteiger partial charge in [-0.1, -0.05) is 45.8 Å². The van der Waals surface area contributed by atoms with Crippen LogP contribution < -0.4 is 14.5 Å². The fourth-order valence-electron chi connectivity index (χ4n) is 8.51. The molecule has 3 heterocycles. The van der Waals surface area contributed by atoms with Crippen molar-refractivity contribution in [1.29, 1.82) is 0 Å². The summed E-state index contributed by atoms with van der Waals surface area (Å²) in [6.45, 7) is 1.86. The quantitative estimate of drug-likeness (QED) is 0.275. The second-order valence-corrected chi connectivity index (χ2v) is 13.7. The summed E-state index contributed by atoms with van der Waals surface area (Å²) in [6, 6.07) is 21.0. The molecule has 0 spiro atoms. The fraction of sp³-hybridized carbons (Fsp3) is 0.278. The van der Waals surface area contributed by atoms with Crippen molar-refractivity contribution in [3.05, 3.63) is 106 Å². The first-order valence-electron chi connectivity index (χ1n) is 15.1. The van der Waals surface area contributed by atoms with Crippen LogP contribution in [0.3, 0.4) is 0 Å². The number of amides is 4. The number of hydrogen-bond acceptors (Lipinski definition) is 6. The van der Waals surface area contributed by atoms with Crippen LogP contribution in [0, 0.1) is 35.0 Å². The van der Waals surface area contributed by atoms with Crippen molar-refractivity contribution in [1.82, 2.24) is 0 Å². The number of para-hydroxylation sites is 1. The number of ether oxygens (including phenoxy) is 1. The molecule has 2 aliphatic carbocycles. The Hall–Kier alpha value is -4.50. The second-order valence-electron chi connectivity index (χ2n) is 12.8. The highest BCUT2D eigenvalue weighted by Crippen LogP contribution is 2.63. The molecule has 3 aliphatic heterocycles. The van der Waals surface area contributed by atoms with Gasteiger partial charge in [0, 0.05) is 22.4 Å². The van der Waals surface area contributed by atoms with Crippen LogP contribution in [0.15, 0.2) is 101 Å². The summed E-state index contributed by atoms with van der Waals surface area (Å²) in [6.07, 6.45) is 4.75. The van der Waals surface area contributed by atoms with E-state index in [-0.39, 0.29) is 35.8 Å². The predicted molar refractivity (Wildman–Crippen MR) is 169 cm³/mol.